The van der Waals surface area contributed by atoms with Crippen molar-refractivity contribution in [1.82, 2.24) is 14.5 Å². The van der Waals surface area contributed by atoms with E-state index in [1.165, 1.54) is 16.8 Å². The molecule has 3 rings (SSSR count). The summed E-state index contributed by atoms with van der Waals surface area (Å²) < 4.78 is 53.8. The monoisotopic (exact) mass is 395 g/mol. The number of aryl methyl sites for hydroxylation is 1. The van der Waals surface area contributed by atoms with E-state index in [1.807, 2.05) is 6.92 Å². The number of fused-ring (bicyclic) bond motifs is 1. The quantitative estimate of drug-likeness (QED) is 0.668. The molecule has 1 aromatic carbocycles. The van der Waals surface area contributed by atoms with Crippen molar-refractivity contribution >= 4 is 10.8 Å². The van der Waals surface area contributed by atoms with E-state index in [2.05, 4.69) is 9.97 Å². The molecule has 0 radical (unpaired) electrons. The lowest BCUT2D eigenvalue weighted by Crippen LogP contribution is -2.22. The average molecular weight is 395 g/mol. The Bertz CT molecular complexity index is 1050. The summed E-state index contributed by atoms with van der Waals surface area (Å²) in [5, 5.41) is 10.2. The molecule has 0 amide bonds. The third-order valence-corrected chi connectivity index (χ3v) is 4.46. The van der Waals surface area contributed by atoms with Crippen molar-refractivity contribution in [3.63, 3.8) is 0 Å². The average Bonchev–Trinajstić information content (AvgIpc) is 2.66. The fourth-order valence-corrected chi connectivity index (χ4v) is 2.76. The zero-order chi connectivity index (χ0) is 20.5. The van der Waals surface area contributed by atoms with Crippen molar-refractivity contribution in [2.75, 3.05) is 0 Å². The summed E-state index contributed by atoms with van der Waals surface area (Å²) in [6.07, 6.45) is -1.46. The summed E-state index contributed by atoms with van der Waals surface area (Å²) in [6, 6.07) is 3.96. The first kappa shape index (κ1) is 19.9. The molecule has 148 valence electrons. The van der Waals surface area contributed by atoms with Crippen molar-refractivity contribution in [3.8, 4) is 11.4 Å². The van der Waals surface area contributed by atoms with Gasteiger partial charge in [-0.1, -0.05) is 6.92 Å². The molecule has 0 saturated heterocycles. The van der Waals surface area contributed by atoms with E-state index in [0.29, 0.717) is 30.6 Å². The van der Waals surface area contributed by atoms with Crippen LogP contribution in [-0.4, -0.2) is 25.7 Å². The number of halogens is 4. The van der Waals surface area contributed by atoms with Gasteiger partial charge in [-0.15, -0.1) is 0 Å². The van der Waals surface area contributed by atoms with Gasteiger partial charge in [-0.05, 0) is 36.4 Å². The standard InChI is InChI=1S/C19H17F4N3O2/c1-2-13(27)4-6-26-5-3-11-7-15(16(20)8-14(11)18(26)28)17-24-9-12(10-25-17)19(21,22)23/h3,5,7-10,13,27H,2,4,6H2,1H3. The number of aliphatic hydroxyl groups is 1. The zero-order valence-electron chi connectivity index (χ0n) is 14.9. The van der Waals surface area contributed by atoms with Gasteiger partial charge < -0.3 is 9.67 Å². The number of aliphatic hydroxyl groups excluding tert-OH is 1. The summed E-state index contributed by atoms with van der Waals surface area (Å²) in [5.41, 5.74) is -1.55. The van der Waals surface area contributed by atoms with Crippen molar-refractivity contribution in [2.24, 2.45) is 0 Å². The molecule has 0 spiro atoms. The summed E-state index contributed by atoms with van der Waals surface area (Å²) in [4.78, 5) is 19.7. The lowest BCUT2D eigenvalue weighted by atomic mass is 10.1. The fourth-order valence-electron chi connectivity index (χ4n) is 2.76. The minimum absolute atomic E-state index is 0.0974. The maximum Gasteiger partial charge on any atom is 0.419 e. The predicted molar refractivity (Wildman–Crippen MR) is 95.1 cm³/mol. The maximum atomic E-state index is 14.5. The van der Waals surface area contributed by atoms with Crippen LogP contribution >= 0.6 is 0 Å². The molecule has 3 aromatic rings. The highest BCUT2D eigenvalue weighted by Gasteiger charge is 2.31. The van der Waals surface area contributed by atoms with Gasteiger partial charge in [0.2, 0.25) is 0 Å². The fraction of sp³-hybridized carbons (Fsp3) is 0.316. The number of aromatic nitrogens is 3. The molecular weight excluding hydrogens is 378 g/mol. The molecular formula is C19H17F4N3O2. The summed E-state index contributed by atoms with van der Waals surface area (Å²) in [7, 11) is 0. The number of pyridine rings is 1. The van der Waals surface area contributed by atoms with Crippen LogP contribution < -0.4 is 5.56 Å². The van der Waals surface area contributed by atoms with Gasteiger partial charge in [0, 0.05) is 25.1 Å². The van der Waals surface area contributed by atoms with Gasteiger partial charge >= 0.3 is 6.18 Å². The van der Waals surface area contributed by atoms with Gasteiger partial charge in [-0.2, -0.15) is 13.2 Å². The van der Waals surface area contributed by atoms with E-state index in [0.717, 1.165) is 6.07 Å². The molecule has 1 atom stereocenters. The van der Waals surface area contributed by atoms with Crippen LogP contribution in [0.15, 0.2) is 41.6 Å². The number of benzene rings is 1. The first-order chi connectivity index (χ1) is 13.2. The third-order valence-electron chi connectivity index (χ3n) is 4.46. The number of alkyl halides is 3. The van der Waals surface area contributed by atoms with E-state index < -0.39 is 29.2 Å². The van der Waals surface area contributed by atoms with E-state index in [1.54, 1.807) is 6.07 Å². The smallest absolute Gasteiger partial charge is 0.393 e. The Morgan fingerprint density at radius 1 is 1.21 bits per heavy atom. The SMILES string of the molecule is CCC(O)CCn1ccc2cc(-c3ncc(C(F)(F)F)cn3)c(F)cc2c1=O. The van der Waals surface area contributed by atoms with Crippen LogP contribution in [0.25, 0.3) is 22.2 Å². The minimum atomic E-state index is -4.59. The lowest BCUT2D eigenvalue weighted by molar-refractivity contribution is -0.138. The first-order valence-electron chi connectivity index (χ1n) is 8.61. The molecule has 2 heterocycles. The highest BCUT2D eigenvalue weighted by molar-refractivity contribution is 5.85. The number of nitrogens with zero attached hydrogens (tertiary/aromatic N) is 3. The zero-order valence-corrected chi connectivity index (χ0v) is 14.9. The molecule has 0 aliphatic heterocycles. The molecule has 1 unspecified atom stereocenters. The topological polar surface area (TPSA) is 68.0 Å². The molecule has 1 N–H and O–H groups in total. The van der Waals surface area contributed by atoms with Crippen LogP contribution in [0.2, 0.25) is 0 Å². The Morgan fingerprint density at radius 2 is 1.89 bits per heavy atom. The van der Waals surface area contributed by atoms with Crippen LogP contribution in [0.1, 0.15) is 25.3 Å². The number of rotatable bonds is 5. The largest absolute Gasteiger partial charge is 0.419 e. The molecule has 5 nitrogen and oxygen atoms in total. The van der Waals surface area contributed by atoms with Crippen molar-refractivity contribution in [1.29, 1.82) is 0 Å². The van der Waals surface area contributed by atoms with E-state index in [4.69, 9.17) is 0 Å². The van der Waals surface area contributed by atoms with Crippen molar-refractivity contribution in [3.05, 3.63) is 58.5 Å². The van der Waals surface area contributed by atoms with E-state index in [9.17, 15) is 27.5 Å². The molecule has 0 aliphatic carbocycles. The molecule has 9 heteroatoms. The van der Waals surface area contributed by atoms with Crippen LogP contribution in [0.3, 0.4) is 0 Å². The van der Waals surface area contributed by atoms with Crippen LogP contribution in [0, 0.1) is 5.82 Å². The normalized spacial score (nSPS) is 13.1. The molecule has 0 aliphatic rings. The molecule has 2 aromatic heterocycles. The van der Waals surface area contributed by atoms with Gasteiger partial charge in [-0.3, -0.25) is 4.79 Å². The van der Waals surface area contributed by atoms with E-state index in [-0.39, 0.29) is 23.3 Å². The molecule has 28 heavy (non-hydrogen) atoms. The highest BCUT2D eigenvalue weighted by Crippen LogP contribution is 2.29. The molecule has 0 fully saturated rings. The third kappa shape index (κ3) is 4.04. The molecule has 0 saturated carbocycles. The van der Waals surface area contributed by atoms with Gasteiger partial charge in [0.05, 0.1) is 22.6 Å². The second-order valence-corrected chi connectivity index (χ2v) is 6.38. The second-order valence-electron chi connectivity index (χ2n) is 6.38. The number of hydrogen-bond donors (Lipinski definition) is 1. The Morgan fingerprint density at radius 3 is 2.50 bits per heavy atom. The summed E-state index contributed by atoms with van der Waals surface area (Å²) in [6.45, 7) is 2.11. The van der Waals surface area contributed by atoms with Gasteiger partial charge in [0.1, 0.15) is 5.82 Å². The summed E-state index contributed by atoms with van der Waals surface area (Å²) >= 11 is 0. The van der Waals surface area contributed by atoms with Gasteiger partial charge in [-0.25, -0.2) is 14.4 Å². The van der Waals surface area contributed by atoms with Crippen molar-refractivity contribution < 1.29 is 22.7 Å². The van der Waals surface area contributed by atoms with Gasteiger partial charge in [0.15, 0.2) is 5.82 Å². The van der Waals surface area contributed by atoms with E-state index >= 15 is 0 Å². The lowest BCUT2D eigenvalue weighted by Gasteiger charge is -2.11. The van der Waals surface area contributed by atoms with Crippen LogP contribution in [0.5, 0.6) is 0 Å². The van der Waals surface area contributed by atoms with Gasteiger partial charge in [0.25, 0.3) is 5.56 Å². The highest BCUT2D eigenvalue weighted by atomic mass is 19.4. The van der Waals surface area contributed by atoms with Crippen LogP contribution in [0.4, 0.5) is 17.6 Å². The second kappa shape index (κ2) is 7.67. The van der Waals surface area contributed by atoms with Crippen molar-refractivity contribution in [2.45, 2.75) is 38.6 Å². The Labute approximate surface area is 157 Å². The van der Waals surface area contributed by atoms with Crippen LogP contribution in [-0.2, 0) is 12.7 Å². The molecule has 0 bridgehead atoms. The Kier molecular flexibility index (Phi) is 5.46. The number of hydrogen-bond acceptors (Lipinski definition) is 4. The minimum Gasteiger partial charge on any atom is -0.393 e. The Hall–Kier alpha value is -2.81. The first-order valence-corrected chi connectivity index (χ1v) is 8.61. The summed E-state index contributed by atoms with van der Waals surface area (Å²) in [5.74, 6) is -1.02. The Balaban J connectivity index is 1.98. The predicted octanol–water partition coefficient (Wildman–Crippen LogP) is 3.78. The maximum absolute atomic E-state index is 14.5.